The summed E-state index contributed by atoms with van der Waals surface area (Å²) >= 11 is 3.52. The van der Waals surface area contributed by atoms with Crippen LogP contribution in [0.25, 0.3) is 43.9 Å². The van der Waals surface area contributed by atoms with Crippen molar-refractivity contribution < 1.29 is 8.83 Å². The fourth-order valence-corrected chi connectivity index (χ4v) is 8.91. The highest BCUT2D eigenvalue weighted by Crippen LogP contribution is 2.14. The van der Waals surface area contributed by atoms with Crippen molar-refractivity contribution in [3.63, 3.8) is 0 Å². The minimum absolute atomic E-state index is 0.957. The number of hydrogen-bond acceptors (Lipinski definition) is 11. The maximum absolute atomic E-state index is 4.83. The third-order valence-corrected chi connectivity index (χ3v) is 14.3. The zero-order chi connectivity index (χ0) is 91.4. The lowest BCUT2D eigenvalue weighted by atomic mass is 10.1. The molecular formula is C105H159N9O2S2. The van der Waals surface area contributed by atoms with Crippen LogP contribution in [0.1, 0.15) is 232 Å². The second kappa shape index (κ2) is 95.1. The zero-order valence-corrected chi connectivity index (χ0v) is 81.7. The summed E-state index contributed by atoms with van der Waals surface area (Å²) in [6, 6.07) is 71.5. The predicted octanol–water partition coefficient (Wildman–Crippen LogP) is 34.6. The third kappa shape index (κ3) is 70.7. The summed E-state index contributed by atoms with van der Waals surface area (Å²) in [5.41, 5.74) is 18.9. The van der Waals surface area contributed by atoms with Crippen LogP contribution in [0.3, 0.4) is 0 Å². The number of aryl methyl sites for hydroxylation is 12. The summed E-state index contributed by atoms with van der Waals surface area (Å²) in [5, 5.41) is 15.5. The van der Waals surface area contributed by atoms with Crippen molar-refractivity contribution in [2.45, 2.75) is 249 Å². The van der Waals surface area contributed by atoms with Crippen LogP contribution in [-0.4, -0.2) is 45.1 Å². The SMILES string of the molecule is CC.CC.CC.CC.CC.CC.CC.CC.CC.CC.CC.CC.Cc1ccc2cccnc2c1.Cc1ccc2cn[nH]c2c1.Cc1ccc2nc[nH]c2c1.Cc1ccc2nccnc2c1.Cc1ccccc1.Cc1ccccc1.Cc1ccccc1.Cc1ccco1.Cc1cccs1.Cc1ccoc1.Cc1ccsc1.Cc1cncnc1. The molecule has 16 rings (SSSR count). The highest BCUT2D eigenvalue weighted by molar-refractivity contribution is 7.09. The maximum atomic E-state index is 4.83. The number of pyridine rings is 1. The second-order valence-electron chi connectivity index (χ2n) is 21.6. The van der Waals surface area contributed by atoms with Crippen molar-refractivity contribution in [2.75, 3.05) is 0 Å². The minimum atomic E-state index is 0.957. The van der Waals surface area contributed by atoms with Gasteiger partial charge in [-0.15, -0.1) is 11.3 Å². The van der Waals surface area contributed by atoms with Gasteiger partial charge in [0.05, 0.1) is 64.4 Å². The largest absolute Gasteiger partial charge is 0.472 e. The molecule has 16 aromatic rings. The minimum Gasteiger partial charge on any atom is -0.472 e. The average Bonchev–Trinajstić information content (AvgIpc) is 1.67. The van der Waals surface area contributed by atoms with Gasteiger partial charge in [0.15, 0.2) is 0 Å². The van der Waals surface area contributed by atoms with E-state index in [0.29, 0.717) is 0 Å². The fraction of sp³-hybridized carbons (Fsp3) is 0.343. The van der Waals surface area contributed by atoms with Crippen LogP contribution in [0, 0.1) is 83.1 Å². The molecule has 0 radical (unpaired) electrons. The van der Waals surface area contributed by atoms with E-state index in [4.69, 9.17) is 8.83 Å². The molecule has 648 valence electrons. The molecule has 0 atom stereocenters. The molecule has 0 saturated heterocycles. The van der Waals surface area contributed by atoms with Crippen molar-refractivity contribution in [1.29, 1.82) is 0 Å². The second-order valence-corrected chi connectivity index (χ2v) is 23.5. The highest BCUT2D eigenvalue weighted by atomic mass is 32.1. The topological polar surface area (TPSA) is 148 Å². The lowest BCUT2D eigenvalue weighted by molar-refractivity contribution is 0.534. The number of nitrogens with zero attached hydrogens (tertiary/aromatic N) is 7. The number of aromatic nitrogens is 9. The van der Waals surface area contributed by atoms with Gasteiger partial charge in [-0.2, -0.15) is 16.4 Å². The number of benzene rings is 7. The molecular weight excluding hydrogens is 1480 g/mol. The van der Waals surface area contributed by atoms with E-state index < -0.39 is 0 Å². The number of H-pyrrole nitrogens is 2. The van der Waals surface area contributed by atoms with Gasteiger partial charge in [-0.3, -0.25) is 20.1 Å². The normalized spacial score (nSPS) is 8.17. The quantitative estimate of drug-likeness (QED) is 0.151. The van der Waals surface area contributed by atoms with E-state index in [1.807, 2.05) is 309 Å². The van der Waals surface area contributed by atoms with Gasteiger partial charge < -0.3 is 13.8 Å². The molecule has 9 heterocycles. The van der Waals surface area contributed by atoms with E-state index in [2.05, 4.69) is 226 Å². The molecule has 9 aromatic heterocycles. The molecule has 0 amide bonds. The molecule has 11 nitrogen and oxygen atoms in total. The fourth-order valence-electron chi connectivity index (χ4n) is 7.71. The molecule has 118 heavy (non-hydrogen) atoms. The van der Waals surface area contributed by atoms with Gasteiger partial charge in [0, 0.05) is 46.6 Å². The Hall–Kier alpha value is -10.7. The summed E-state index contributed by atoms with van der Waals surface area (Å²) in [7, 11) is 0. The first-order valence-electron chi connectivity index (χ1n) is 42.6. The molecule has 0 fully saturated rings. The van der Waals surface area contributed by atoms with E-state index >= 15 is 0 Å². The number of thiophene rings is 2. The number of hydrogen-bond donors (Lipinski definition) is 2. The van der Waals surface area contributed by atoms with Gasteiger partial charge in [-0.25, -0.2) is 15.0 Å². The van der Waals surface area contributed by atoms with E-state index in [0.717, 1.165) is 44.4 Å². The van der Waals surface area contributed by atoms with Crippen molar-refractivity contribution in [2.24, 2.45) is 0 Å². The van der Waals surface area contributed by atoms with Gasteiger partial charge in [-0.05, 0) is 211 Å². The predicted molar refractivity (Wildman–Crippen MR) is 534 cm³/mol. The number of fused-ring (bicyclic) bond motifs is 4. The van der Waals surface area contributed by atoms with Crippen LogP contribution >= 0.6 is 22.7 Å². The zero-order valence-electron chi connectivity index (χ0n) is 80.1. The lowest BCUT2D eigenvalue weighted by Gasteiger charge is -1.95. The van der Waals surface area contributed by atoms with E-state index in [-0.39, 0.29) is 0 Å². The monoisotopic (exact) mass is 1640 g/mol. The van der Waals surface area contributed by atoms with Crippen molar-refractivity contribution >= 4 is 66.5 Å². The molecule has 0 aliphatic heterocycles. The standard InChI is InChI=1S/C10H9N.C9H8N2.2C8H8N2.3C7H8.C5H6N2.2C5H6O.2C5H6S.12C2H6/c1-8-4-5-9-3-2-6-11-10(9)7-8;1-7-2-3-8-9(6-7)11-5-4-10-8;1-6-2-3-7-8(4-6)10-5-9-7;1-6-2-3-7-5-9-10-8(7)4-6;3*1-7-5-3-2-4-6-7;1-5-2-6-4-7-3-5;1-5-2-3-6-4-5;1-5-3-2-4-6-5;1-5-2-3-6-4-5;1-5-3-2-4-6-5;12*1-2/h2-7H,1H3;2-6H,1H3;2*2-5H,1H3,(H,9,10);3*2-6H,1H3;2-4H,1H3;4*2-4H,1H3;12*1-2H3. The number of furan rings is 2. The smallest absolute Gasteiger partial charge is 0.115 e. The van der Waals surface area contributed by atoms with E-state index in [9.17, 15) is 0 Å². The Balaban J connectivity index is -0.000000183. The van der Waals surface area contributed by atoms with Crippen LogP contribution in [0.5, 0.6) is 0 Å². The van der Waals surface area contributed by atoms with Crippen LogP contribution < -0.4 is 0 Å². The molecule has 7 aromatic carbocycles. The third-order valence-electron chi connectivity index (χ3n) is 12.7. The molecule has 0 saturated carbocycles. The van der Waals surface area contributed by atoms with Crippen molar-refractivity contribution in [1.82, 2.24) is 45.1 Å². The molecule has 0 aliphatic rings. The Morgan fingerprint density at radius 3 is 1.09 bits per heavy atom. The number of imidazole rings is 1. The summed E-state index contributed by atoms with van der Waals surface area (Å²) in [4.78, 5) is 28.7. The Kier molecular flexibility index (Phi) is 99.1. The molecule has 0 bridgehead atoms. The van der Waals surface area contributed by atoms with E-state index in [1.165, 1.54) is 72.0 Å². The van der Waals surface area contributed by atoms with E-state index in [1.54, 1.807) is 72.6 Å². The van der Waals surface area contributed by atoms with Crippen molar-refractivity contribution in [3.8, 4) is 0 Å². The summed E-state index contributed by atoms with van der Waals surface area (Å²) in [6.07, 6.45) is 18.9. The summed E-state index contributed by atoms with van der Waals surface area (Å²) in [5.74, 6) is 0.968. The number of nitrogens with one attached hydrogen (secondary N) is 2. The number of aromatic amines is 2. The molecule has 0 unspecified atom stereocenters. The summed E-state index contributed by atoms with van der Waals surface area (Å²) in [6.45, 7) is 72.6. The van der Waals surface area contributed by atoms with Crippen LogP contribution in [0.4, 0.5) is 0 Å². The Labute approximate surface area is 728 Å². The first-order chi connectivity index (χ1) is 57.6. The van der Waals surface area contributed by atoms with Gasteiger partial charge in [0.2, 0.25) is 0 Å². The van der Waals surface area contributed by atoms with Crippen LogP contribution in [0.15, 0.2) is 306 Å². The van der Waals surface area contributed by atoms with Gasteiger partial charge >= 0.3 is 0 Å². The Morgan fingerprint density at radius 1 is 0.297 bits per heavy atom. The molecule has 0 spiro atoms. The van der Waals surface area contributed by atoms with Gasteiger partial charge in [0.25, 0.3) is 0 Å². The van der Waals surface area contributed by atoms with Crippen LogP contribution in [0.2, 0.25) is 0 Å². The van der Waals surface area contributed by atoms with Crippen LogP contribution in [-0.2, 0) is 0 Å². The highest BCUT2D eigenvalue weighted by Gasteiger charge is 1.96. The lowest BCUT2D eigenvalue weighted by Crippen LogP contribution is -1.81. The molecule has 0 aliphatic carbocycles. The Bertz CT molecular complexity index is 4020. The first-order valence-corrected chi connectivity index (χ1v) is 44.4. The van der Waals surface area contributed by atoms with Crippen molar-refractivity contribution in [3.05, 3.63) is 363 Å². The average molecular weight is 1640 g/mol. The van der Waals surface area contributed by atoms with Gasteiger partial charge in [0.1, 0.15) is 12.1 Å². The molecule has 2 N–H and O–H groups in total. The Morgan fingerprint density at radius 2 is 0.746 bits per heavy atom. The molecule has 13 heteroatoms. The van der Waals surface area contributed by atoms with Gasteiger partial charge in [-0.1, -0.05) is 322 Å². The number of rotatable bonds is 0. The summed E-state index contributed by atoms with van der Waals surface area (Å²) < 4.78 is 9.55. The maximum Gasteiger partial charge on any atom is 0.115 e. The first kappa shape index (κ1) is 123.